The second-order valence-electron chi connectivity index (χ2n) is 9.12. The zero-order chi connectivity index (χ0) is 22.7. The van der Waals surface area contributed by atoms with Crippen molar-refractivity contribution < 1.29 is 19.1 Å². The van der Waals surface area contributed by atoms with Crippen molar-refractivity contribution in [3.05, 3.63) is 65.2 Å². The summed E-state index contributed by atoms with van der Waals surface area (Å²) in [5.74, 6) is 0.651. The molecule has 0 aromatic heterocycles. The van der Waals surface area contributed by atoms with Gasteiger partial charge in [0.15, 0.2) is 0 Å². The van der Waals surface area contributed by atoms with Crippen molar-refractivity contribution in [2.24, 2.45) is 5.92 Å². The summed E-state index contributed by atoms with van der Waals surface area (Å²) >= 11 is 0. The number of rotatable bonds is 7. The fourth-order valence-corrected chi connectivity index (χ4v) is 4.94. The van der Waals surface area contributed by atoms with Crippen LogP contribution in [0.3, 0.4) is 0 Å². The Morgan fingerprint density at radius 3 is 2.44 bits per heavy atom. The van der Waals surface area contributed by atoms with E-state index >= 15 is 0 Å². The Labute approximate surface area is 189 Å². The number of amides is 2. The summed E-state index contributed by atoms with van der Waals surface area (Å²) in [6.07, 6.45) is 1.67. The van der Waals surface area contributed by atoms with Crippen LogP contribution >= 0.6 is 0 Å². The van der Waals surface area contributed by atoms with Crippen LogP contribution in [0.2, 0.25) is 0 Å². The van der Waals surface area contributed by atoms with E-state index in [1.165, 1.54) is 5.56 Å². The Morgan fingerprint density at radius 1 is 1.12 bits per heavy atom. The smallest absolute Gasteiger partial charge is 0.255 e. The maximum atomic E-state index is 13.4. The highest BCUT2D eigenvalue weighted by Crippen LogP contribution is 2.35. The average molecular weight is 437 g/mol. The number of nitrogens with zero attached hydrogens (tertiary/aromatic N) is 1. The first-order valence-electron chi connectivity index (χ1n) is 11.3. The molecule has 1 fully saturated rings. The van der Waals surface area contributed by atoms with Gasteiger partial charge in [-0.05, 0) is 48.1 Å². The molecule has 4 rings (SSSR count). The highest BCUT2D eigenvalue weighted by atomic mass is 16.5. The molecule has 0 radical (unpaired) electrons. The molecule has 170 valence electrons. The van der Waals surface area contributed by atoms with Crippen LogP contribution in [0.5, 0.6) is 5.75 Å². The van der Waals surface area contributed by atoms with E-state index in [4.69, 9.17) is 9.47 Å². The van der Waals surface area contributed by atoms with Gasteiger partial charge in [-0.25, -0.2) is 0 Å². The lowest BCUT2D eigenvalue weighted by Crippen LogP contribution is -2.53. The van der Waals surface area contributed by atoms with Gasteiger partial charge in [-0.3, -0.25) is 9.59 Å². The molecule has 0 spiro atoms. The van der Waals surface area contributed by atoms with Crippen molar-refractivity contribution in [2.75, 3.05) is 26.9 Å². The van der Waals surface area contributed by atoms with Crippen LogP contribution in [0, 0.1) is 5.92 Å². The van der Waals surface area contributed by atoms with Crippen LogP contribution in [-0.2, 0) is 21.5 Å². The molecular formula is C26H32N2O4. The standard InChI is InChI=1S/C26H32N2O4/c1-18(2)23(28-16-19-6-4-5-7-22(19)25(28)30)24(29)27-17-26(12-14-32-15-13-26)20-8-10-21(31-3)11-9-20/h4-11,18,23H,12-17H2,1-3H3,(H,27,29)/t23-/m0/s1. The maximum absolute atomic E-state index is 13.4. The fraction of sp³-hybridized carbons (Fsp3) is 0.462. The minimum Gasteiger partial charge on any atom is -0.497 e. The van der Waals surface area contributed by atoms with Crippen molar-refractivity contribution in [3.63, 3.8) is 0 Å². The van der Waals surface area contributed by atoms with Crippen LogP contribution in [0.25, 0.3) is 0 Å². The quantitative estimate of drug-likeness (QED) is 0.721. The van der Waals surface area contributed by atoms with E-state index in [0.29, 0.717) is 31.9 Å². The first-order chi connectivity index (χ1) is 15.4. The Hall–Kier alpha value is -2.86. The number of hydrogen-bond acceptors (Lipinski definition) is 4. The third-order valence-electron chi connectivity index (χ3n) is 6.84. The molecule has 1 N–H and O–H groups in total. The minimum absolute atomic E-state index is 0.000104. The van der Waals surface area contributed by atoms with Crippen molar-refractivity contribution >= 4 is 11.8 Å². The topological polar surface area (TPSA) is 67.9 Å². The summed E-state index contributed by atoms with van der Waals surface area (Å²) < 4.78 is 10.9. The number of benzene rings is 2. The predicted octanol–water partition coefficient (Wildman–Crippen LogP) is 3.54. The molecule has 1 atom stereocenters. The average Bonchev–Trinajstić information content (AvgIpc) is 3.14. The molecule has 0 saturated carbocycles. The molecule has 2 aliphatic heterocycles. The highest BCUT2D eigenvalue weighted by molar-refractivity contribution is 6.01. The number of carbonyl (C=O) groups is 2. The first-order valence-corrected chi connectivity index (χ1v) is 11.3. The van der Waals surface area contributed by atoms with E-state index in [1.54, 1.807) is 12.0 Å². The van der Waals surface area contributed by atoms with Gasteiger partial charge in [0.05, 0.1) is 7.11 Å². The fourth-order valence-electron chi connectivity index (χ4n) is 4.94. The number of ether oxygens (including phenoxy) is 2. The number of carbonyl (C=O) groups excluding carboxylic acids is 2. The zero-order valence-electron chi connectivity index (χ0n) is 19.1. The zero-order valence-corrected chi connectivity index (χ0v) is 19.1. The lowest BCUT2D eigenvalue weighted by atomic mass is 9.74. The maximum Gasteiger partial charge on any atom is 0.255 e. The van der Waals surface area contributed by atoms with E-state index in [9.17, 15) is 9.59 Å². The number of fused-ring (bicyclic) bond motifs is 1. The van der Waals surface area contributed by atoms with Crippen molar-refractivity contribution in [2.45, 2.75) is 44.7 Å². The molecule has 0 aliphatic carbocycles. The molecule has 32 heavy (non-hydrogen) atoms. The summed E-state index contributed by atoms with van der Waals surface area (Å²) in [7, 11) is 1.66. The van der Waals surface area contributed by atoms with E-state index in [-0.39, 0.29) is 23.1 Å². The van der Waals surface area contributed by atoms with E-state index in [0.717, 1.165) is 24.2 Å². The summed E-state index contributed by atoms with van der Waals surface area (Å²) in [4.78, 5) is 28.2. The predicted molar refractivity (Wildman–Crippen MR) is 123 cm³/mol. The lowest BCUT2D eigenvalue weighted by molar-refractivity contribution is -0.127. The molecule has 2 aliphatic rings. The molecule has 2 aromatic carbocycles. The van der Waals surface area contributed by atoms with Gasteiger partial charge >= 0.3 is 0 Å². The summed E-state index contributed by atoms with van der Waals surface area (Å²) in [5.41, 5.74) is 2.66. The molecule has 6 nitrogen and oxygen atoms in total. The van der Waals surface area contributed by atoms with Gasteiger partial charge in [0.1, 0.15) is 11.8 Å². The van der Waals surface area contributed by atoms with E-state index in [1.807, 2.05) is 50.2 Å². The van der Waals surface area contributed by atoms with Crippen LogP contribution in [0.4, 0.5) is 0 Å². The molecular weight excluding hydrogens is 404 g/mol. The Bertz CT molecular complexity index is 964. The molecule has 2 amide bonds. The van der Waals surface area contributed by atoms with Crippen LogP contribution in [-0.4, -0.2) is 49.6 Å². The molecule has 0 bridgehead atoms. The van der Waals surface area contributed by atoms with Gasteiger partial charge < -0.3 is 19.7 Å². The SMILES string of the molecule is COc1ccc(C2(CNC(=O)[C@H](C(C)C)N3Cc4ccccc4C3=O)CCOCC2)cc1. The Balaban J connectivity index is 1.52. The first kappa shape index (κ1) is 22.3. The van der Waals surface area contributed by atoms with Gasteiger partial charge in [-0.2, -0.15) is 0 Å². The third-order valence-corrected chi connectivity index (χ3v) is 6.84. The minimum atomic E-state index is -0.511. The summed E-state index contributed by atoms with van der Waals surface area (Å²) in [5, 5.41) is 3.21. The van der Waals surface area contributed by atoms with Crippen molar-refractivity contribution in [1.82, 2.24) is 10.2 Å². The van der Waals surface area contributed by atoms with Gasteiger partial charge in [0.2, 0.25) is 5.91 Å². The van der Waals surface area contributed by atoms with Gasteiger partial charge in [-0.15, -0.1) is 0 Å². The molecule has 6 heteroatoms. The number of nitrogens with one attached hydrogen (secondary N) is 1. The van der Waals surface area contributed by atoms with Crippen molar-refractivity contribution in [3.8, 4) is 5.75 Å². The lowest BCUT2D eigenvalue weighted by Gasteiger charge is -2.39. The second kappa shape index (κ2) is 9.33. The number of hydrogen-bond donors (Lipinski definition) is 1. The van der Waals surface area contributed by atoms with E-state index in [2.05, 4.69) is 17.4 Å². The molecule has 0 unspecified atom stereocenters. The summed E-state index contributed by atoms with van der Waals surface area (Å²) in [6, 6.07) is 15.2. The van der Waals surface area contributed by atoms with Crippen molar-refractivity contribution in [1.29, 1.82) is 0 Å². The summed E-state index contributed by atoms with van der Waals surface area (Å²) in [6.45, 7) is 6.30. The number of methoxy groups -OCH3 is 1. The van der Waals surface area contributed by atoms with Gasteiger partial charge in [0.25, 0.3) is 5.91 Å². The Morgan fingerprint density at radius 2 is 1.81 bits per heavy atom. The van der Waals surface area contributed by atoms with Crippen LogP contribution in [0.15, 0.2) is 48.5 Å². The molecule has 2 aromatic rings. The largest absolute Gasteiger partial charge is 0.497 e. The van der Waals surface area contributed by atoms with Crippen LogP contribution in [0.1, 0.15) is 48.2 Å². The van der Waals surface area contributed by atoms with Crippen LogP contribution < -0.4 is 10.1 Å². The van der Waals surface area contributed by atoms with Gasteiger partial charge in [0, 0.05) is 37.3 Å². The highest BCUT2D eigenvalue weighted by Gasteiger charge is 2.40. The normalized spacial score (nSPS) is 18.4. The van der Waals surface area contributed by atoms with E-state index < -0.39 is 6.04 Å². The third kappa shape index (κ3) is 4.24. The Kier molecular flexibility index (Phi) is 6.51. The molecule has 1 saturated heterocycles. The monoisotopic (exact) mass is 436 g/mol. The second-order valence-corrected chi connectivity index (χ2v) is 9.12. The van der Waals surface area contributed by atoms with Gasteiger partial charge in [-0.1, -0.05) is 44.2 Å². The molecule has 2 heterocycles.